The molecule has 1 heterocycles. The van der Waals surface area contributed by atoms with Gasteiger partial charge in [-0.3, -0.25) is 4.68 Å². The summed E-state index contributed by atoms with van der Waals surface area (Å²) in [6.45, 7) is 2.21. The van der Waals surface area contributed by atoms with Crippen molar-refractivity contribution in [1.82, 2.24) is 15.1 Å². The Bertz CT molecular complexity index is 536. The standard InChI is InChI=1S/C16H23N3O/c1-5-13(12-9-7-6-8-10-12)15(17-2)16-14(20-4)11-18-19(16)3/h6-11,13,15,17H,5H2,1-4H3. The number of methoxy groups -OCH3 is 1. The summed E-state index contributed by atoms with van der Waals surface area (Å²) in [5.41, 5.74) is 2.42. The van der Waals surface area contributed by atoms with E-state index in [1.807, 2.05) is 18.8 Å². The van der Waals surface area contributed by atoms with Crippen molar-refractivity contribution in [2.75, 3.05) is 14.2 Å². The van der Waals surface area contributed by atoms with Crippen molar-refractivity contribution in [1.29, 1.82) is 0 Å². The van der Waals surface area contributed by atoms with E-state index < -0.39 is 0 Å². The Morgan fingerprint density at radius 1 is 1.30 bits per heavy atom. The summed E-state index contributed by atoms with van der Waals surface area (Å²) in [6.07, 6.45) is 2.82. The predicted octanol–water partition coefficient (Wildman–Crippen LogP) is 2.88. The molecule has 1 N–H and O–H groups in total. The van der Waals surface area contributed by atoms with Crippen LogP contribution in [0.3, 0.4) is 0 Å². The lowest BCUT2D eigenvalue weighted by atomic mass is 9.87. The van der Waals surface area contributed by atoms with Gasteiger partial charge in [0.05, 0.1) is 25.0 Å². The second kappa shape index (κ2) is 6.57. The number of nitrogens with zero attached hydrogens (tertiary/aromatic N) is 2. The molecular formula is C16H23N3O. The Morgan fingerprint density at radius 2 is 2.00 bits per heavy atom. The van der Waals surface area contributed by atoms with Crippen molar-refractivity contribution >= 4 is 0 Å². The summed E-state index contributed by atoms with van der Waals surface area (Å²) in [4.78, 5) is 0. The molecule has 0 aliphatic rings. The van der Waals surface area contributed by atoms with Crippen molar-refractivity contribution in [3.8, 4) is 5.75 Å². The summed E-state index contributed by atoms with van der Waals surface area (Å²) in [5, 5.41) is 7.75. The molecule has 4 nitrogen and oxygen atoms in total. The van der Waals surface area contributed by atoms with Gasteiger partial charge in [-0.2, -0.15) is 5.10 Å². The fourth-order valence-electron chi connectivity index (χ4n) is 2.83. The highest BCUT2D eigenvalue weighted by Crippen LogP contribution is 2.37. The molecule has 2 aromatic rings. The Morgan fingerprint density at radius 3 is 2.55 bits per heavy atom. The molecule has 108 valence electrons. The summed E-state index contributed by atoms with van der Waals surface area (Å²) in [5.74, 6) is 1.21. The van der Waals surface area contributed by atoms with Gasteiger partial charge in [-0.25, -0.2) is 0 Å². The van der Waals surface area contributed by atoms with Crippen LogP contribution in [0.2, 0.25) is 0 Å². The molecule has 0 radical (unpaired) electrons. The van der Waals surface area contributed by atoms with E-state index in [1.165, 1.54) is 5.56 Å². The molecule has 2 unspecified atom stereocenters. The number of benzene rings is 1. The third-order valence-electron chi connectivity index (χ3n) is 3.84. The van der Waals surface area contributed by atoms with Crippen LogP contribution in [0.4, 0.5) is 0 Å². The third kappa shape index (κ3) is 2.70. The molecule has 20 heavy (non-hydrogen) atoms. The Kier molecular flexibility index (Phi) is 4.79. The fraction of sp³-hybridized carbons (Fsp3) is 0.438. The highest BCUT2D eigenvalue weighted by Gasteiger charge is 2.27. The predicted molar refractivity (Wildman–Crippen MR) is 81.0 cm³/mol. The summed E-state index contributed by atoms with van der Waals surface area (Å²) in [6, 6.07) is 10.8. The molecule has 0 aliphatic heterocycles. The van der Waals surface area contributed by atoms with Gasteiger partial charge in [-0.05, 0) is 19.0 Å². The van der Waals surface area contributed by atoms with Crippen LogP contribution in [0.1, 0.15) is 36.6 Å². The van der Waals surface area contributed by atoms with Gasteiger partial charge in [0.15, 0.2) is 5.75 Å². The zero-order valence-corrected chi connectivity index (χ0v) is 12.6. The first-order valence-electron chi connectivity index (χ1n) is 7.01. The van der Waals surface area contributed by atoms with Crippen LogP contribution in [-0.4, -0.2) is 23.9 Å². The average Bonchev–Trinajstić information content (AvgIpc) is 2.86. The van der Waals surface area contributed by atoms with E-state index in [2.05, 4.69) is 47.7 Å². The van der Waals surface area contributed by atoms with Crippen LogP contribution in [0.25, 0.3) is 0 Å². The number of aromatic nitrogens is 2. The second-order valence-electron chi connectivity index (χ2n) is 4.91. The number of hydrogen-bond donors (Lipinski definition) is 1. The van der Waals surface area contributed by atoms with Crippen molar-refractivity contribution < 1.29 is 4.74 Å². The molecule has 0 aliphatic carbocycles. The van der Waals surface area contributed by atoms with Crippen LogP contribution < -0.4 is 10.1 Å². The van der Waals surface area contributed by atoms with Gasteiger partial charge in [-0.15, -0.1) is 0 Å². The first-order chi connectivity index (χ1) is 9.72. The Balaban J connectivity index is 2.42. The number of rotatable bonds is 6. The van der Waals surface area contributed by atoms with Crippen LogP contribution in [-0.2, 0) is 7.05 Å². The first kappa shape index (κ1) is 14.6. The molecule has 2 atom stereocenters. The van der Waals surface area contributed by atoms with E-state index in [9.17, 15) is 0 Å². The van der Waals surface area contributed by atoms with Gasteiger partial charge in [0.25, 0.3) is 0 Å². The lowest BCUT2D eigenvalue weighted by Gasteiger charge is -2.27. The maximum absolute atomic E-state index is 5.46. The molecule has 0 saturated carbocycles. The smallest absolute Gasteiger partial charge is 0.161 e. The number of likely N-dealkylation sites (N-methyl/N-ethyl adjacent to an activating group) is 1. The summed E-state index contributed by atoms with van der Waals surface area (Å²) in [7, 11) is 5.64. The van der Waals surface area contributed by atoms with E-state index in [0.717, 1.165) is 17.9 Å². The van der Waals surface area contributed by atoms with Crippen LogP contribution in [0.15, 0.2) is 36.5 Å². The molecule has 0 fully saturated rings. The van der Waals surface area contributed by atoms with Crippen molar-refractivity contribution in [3.63, 3.8) is 0 Å². The third-order valence-corrected chi connectivity index (χ3v) is 3.84. The average molecular weight is 273 g/mol. The minimum Gasteiger partial charge on any atom is -0.493 e. The topological polar surface area (TPSA) is 39.1 Å². The number of hydrogen-bond acceptors (Lipinski definition) is 3. The van der Waals surface area contributed by atoms with Gasteiger partial charge < -0.3 is 10.1 Å². The van der Waals surface area contributed by atoms with E-state index in [0.29, 0.717) is 5.92 Å². The van der Waals surface area contributed by atoms with E-state index in [4.69, 9.17) is 4.74 Å². The lowest BCUT2D eigenvalue weighted by molar-refractivity contribution is 0.380. The highest BCUT2D eigenvalue weighted by atomic mass is 16.5. The molecule has 4 heteroatoms. The largest absolute Gasteiger partial charge is 0.493 e. The molecule has 0 spiro atoms. The van der Waals surface area contributed by atoms with Crippen molar-refractivity contribution in [3.05, 3.63) is 47.8 Å². The maximum atomic E-state index is 5.46. The Hall–Kier alpha value is -1.81. The van der Waals surface area contributed by atoms with Gasteiger partial charge in [-0.1, -0.05) is 37.3 Å². The van der Waals surface area contributed by atoms with Gasteiger partial charge in [0, 0.05) is 13.0 Å². The van der Waals surface area contributed by atoms with Gasteiger partial charge in [0.2, 0.25) is 0 Å². The number of aryl methyl sites for hydroxylation is 1. The summed E-state index contributed by atoms with van der Waals surface area (Å²) >= 11 is 0. The van der Waals surface area contributed by atoms with E-state index >= 15 is 0 Å². The minimum atomic E-state index is 0.171. The SMILES string of the molecule is CCC(c1ccccc1)C(NC)c1c(OC)cnn1C. The second-order valence-corrected chi connectivity index (χ2v) is 4.91. The zero-order valence-electron chi connectivity index (χ0n) is 12.6. The summed E-state index contributed by atoms with van der Waals surface area (Å²) < 4.78 is 7.35. The zero-order chi connectivity index (χ0) is 14.5. The molecule has 1 aromatic heterocycles. The molecule has 0 amide bonds. The van der Waals surface area contributed by atoms with Crippen LogP contribution >= 0.6 is 0 Å². The van der Waals surface area contributed by atoms with Gasteiger partial charge >= 0.3 is 0 Å². The first-order valence-corrected chi connectivity index (χ1v) is 7.01. The highest BCUT2D eigenvalue weighted by molar-refractivity contribution is 5.32. The van der Waals surface area contributed by atoms with E-state index in [1.54, 1.807) is 13.3 Å². The lowest BCUT2D eigenvalue weighted by Crippen LogP contribution is -2.26. The van der Waals surface area contributed by atoms with Crippen molar-refractivity contribution in [2.45, 2.75) is 25.3 Å². The maximum Gasteiger partial charge on any atom is 0.161 e. The number of ether oxygens (including phenoxy) is 1. The molecule has 2 rings (SSSR count). The van der Waals surface area contributed by atoms with E-state index in [-0.39, 0.29) is 6.04 Å². The number of nitrogens with one attached hydrogen (secondary N) is 1. The fourth-order valence-corrected chi connectivity index (χ4v) is 2.83. The van der Waals surface area contributed by atoms with Crippen molar-refractivity contribution in [2.24, 2.45) is 7.05 Å². The minimum absolute atomic E-state index is 0.171. The molecule has 1 aromatic carbocycles. The molecule has 0 saturated heterocycles. The Labute approximate surface area is 120 Å². The quantitative estimate of drug-likeness (QED) is 0.879. The molecular weight excluding hydrogens is 250 g/mol. The van der Waals surface area contributed by atoms with Crippen LogP contribution in [0, 0.1) is 0 Å². The monoisotopic (exact) mass is 273 g/mol. The van der Waals surface area contributed by atoms with Crippen LogP contribution in [0.5, 0.6) is 5.75 Å². The molecule has 0 bridgehead atoms. The normalized spacial score (nSPS) is 14.0. The van der Waals surface area contributed by atoms with Gasteiger partial charge in [0.1, 0.15) is 0 Å².